The van der Waals surface area contributed by atoms with E-state index in [1.807, 2.05) is 38.1 Å². The molecule has 0 saturated heterocycles. The van der Waals surface area contributed by atoms with Gasteiger partial charge in [-0.15, -0.1) is 0 Å². The quantitative estimate of drug-likeness (QED) is 0.860. The number of phenolic OH excluding ortho intramolecular Hbond substituents is 1. The number of anilines is 1. The van der Waals surface area contributed by atoms with Gasteiger partial charge in [-0.25, -0.2) is 0 Å². The minimum absolute atomic E-state index is 0.104. The molecule has 0 aromatic heterocycles. The molecule has 20 heavy (non-hydrogen) atoms. The maximum Gasteiger partial charge on any atom is 0.134 e. The number of halogens is 1. The molecule has 0 heterocycles. The molecule has 2 N–H and O–H groups in total. The molecule has 0 radical (unpaired) electrons. The van der Waals surface area contributed by atoms with Crippen LogP contribution in [0.5, 0.6) is 11.5 Å². The van der Waals surface area contributed by atoms with Crippen LogP contribution < -0.4 is 10.1 Å². The Bertz CT molecular complexity index is 599. The first-order valence-electron chi connectivity index (χ1n) is 6.55. The van der Waals surface area contributed by atoms with E-state index >= 15 is 0 Å². The normalized spacial score (nSPS) is 10.3. The Morgan fingerprint density at radius 2 is 2.00 bits per heavy atom. The second-order valence-electron chi connectivity index (χ2n) is 4.55. The van der Waals surface area contributed by atoms with E-state index in [-0.39, 0.29) is 5.75 Å². The largest absolute Gasteiger partial charge is 0.506 e. The highest BCUT2D eigenvalue weighted by molar-refractivity contribution is 6.32. The van der Waals surface area contributed by atoms with Crippen LogP contribution in [0, 0.1) is 6.92 Å². The van der Waals surface area contributed by atoms with Gasteiger partial charge in [-0.1, -0.05) is 17.7 Å². The minimum atomic E-state index is 0.104. The standard InChI is InChI=1S/C16H18ClNO2/c1-3-20-13-5-6-15(11(2)8-13)18-10-12-4-7-16(19)14(17)9-12/h4-9,18-19H,3,10H2,1-2H3. The first-order valence-corrected chi connectivity index (χ1v) is 6.92. The van der Waals surface area contributed by atoms with Gasteiger partial charge in [-0.05, 0) is 55.3 Å². The van der Waals surface area contributed by atoms with Gasteiger partial charge in [0.05, 0.1) is 11.6 Å². The summed E-state index contributed by atoms with van der Waals surface area (Å²) >= 11 is 5.89. The summed E-state index contributed by atoms with van der Waals surface area (Å²) in [5.74, 6) is 0.982. The Kier molecular flexibility index (Phi) is 4.74. The van der Waals surface area contributed by atoms with E-state index in [1.165, 1.54) is 0 Å². The summed E-state index contributed by atoms with van der Waals surface area (Å²) < 4.78 is 5.46. The van der Waals surface area contributed by atoms with Crippen molar-refractivity contribution in [2.24, 2.45) is 0 Å². The molecule has 0 fully saturated rings. The third kappa shape index (κ3) is 3.58. The van der Waals surface area contributed by atoms with Crippen molar-refractivity contribution in [2.45, 2.75) is 20.4 Å². The van der Waals surface area contributed by atoms with Crippen LogP contribution in [0.2, 0.25) is 5.02 Å². The van der Waals surface area contributed by atoms with Crippen molar-refractivity contribution in [1.29, 1.82) is 0 Å². The Morgan fingerprint density at radius 3 is 2.65 bits per heavy atom. The summed E-state index contributed by atoms with van der Waals surface area (Å²) in [6, 6.07) is 11.2. The predicted molar refractivity (Wildman–Crippen MR) is 82.8 cm³/mol. The van der Waals surface area contributed by atoms with Crippen molar-refractivity contribution >= 4 is 17.3 Å². The maximum atomic E-state index is 9.39. The summed E-state index contributed by atoms with van der Waals surface area (Å²) in [5.41, 5.74) is 3.19. The van der Waals surface area contributed by atoms with Crippen LogP contribution >= 0.6 is 11.6 Å². The Morgan fingerprint density at radius 1 is 1.20 bits per heavy atom. The Hall–Kier alpha value is -1.87. The fraction of sp³-hybridized carbons (Fsp3) is 0.250. The second-order valence-corrected chi connectivity index (χ2v) is 4.96. The number of hydrogen-bond acceptors (Lipinski definition) is 3. The van der Waals surface area contributed by atoms with Gasteiger partial charge in [-0.2, -0.15) is 0 Å². The number of phenols is 1. The van der Waals surface area contributed by atoms with Gasteiger partial charge in [0.15, 0.2) is 0 Å². The molecule has 0 spiro atoms. The van der Waals surface area contributed by atoms with Gasteiger partial charge in [0.1, 0.15) is 11.5 Å². The average molecular weight is 292 g/mol. The van der Waals surface area contributed by atoms with Crippen molar-refractivity contribution in [1.82, 2.24) is 0 Å². The Labute approximate surface area is 124 Å². The van der Waals surface area contributed by atoms with E-state index in [1.54, 1.807) is 12.1 Å². The van der Waals surface area contributed by atoms with E-state index in [2.05, 4.69) is 5.32 Å². The van der Waals surface area contributed by atoms with E-state index in [0.29, 0.717) is 18.2 Å². The van der Waals surface area contributed by atoms with Crippen LogP contribution in [0.25, 0.3) is 0 Å². The van der Waals surface area contributed by atoms with Crippen LogP contribution in [0.3, 0.4) is 0 Å². The summed E-state index contributed by atoms with van der Waals surface area (Å²) in [4.78, 5) is 0. The molecule has 0 unspecified atom stereocenters. The van der Waals surface area contributed by atoms with Crippen molar-refractivity contribution in [2.75, 3.05) is 11.9 Å². The number of ether oxygens (including phenoxy) is 1. The molecule has 0 aliphatic carbocycles. The Balaban J connectivity index is 2.05. The molecule has 106 valence electrons. The van der Waals surface area contributed by atoms with Gasteiger partial charge < -0.3 is 15.2 Å². The van der Waals surface area contributed by atoms with Crippen LogP contribution in [0.15, 0.2) is 36.4 Å². The highest BCUT2D eigenvalue weighted by Gasteiger charge is 2.03. The zero-order valence-electron chi connectivity index (χ0n) is 11.6. The molecular formula is C16H18ClNO2. The van der Waals surface area contributed by atoms with Crippen LogP contribution in [-0.2, 0) is 6.54 Å². The van der Waals surface area contributed by atoms with Crippen molar-refractivity contribution in [3.8, 4) is 11.5 Å². The minimum Gasteiger partial charge on any atom is -0.506 e. The first-order chi connectivity index (χ1) is 9.60. The van der Waals surface area contributed by atoms with Gasteiger partial charge in [0, 0.05) is 12.2 Å². The fourth-order valence-electron chi connectivity index (χ4n) is 1.95. The smallest absolute Gasteiger partial charge is 0.134 e. The number of benzene rings is 2. The lowest BCUT2D eigenvalue weighted by molar-refractivity contribution is 0.340. The molecule has 0 bridgehead atoms. The first kappa shape index (κ1) is 14.5. The maximum absolute atomic E-state index is 9.39. The molecule has 3 nitrogen and oxygen atoms in total. The molecule has 0 saturated carbocycles. The van der Waals surface area contributed by atoms with Gasteiger partial charge in [0.25, 0.3) is 0 Å². The summed E-state index contributed by atoms with van der Waals surface area (Å²) in [6.07, 6.45) is 0. The molecule has 2 rings (SSSR count). The topological polar surface area (TPSA) is 41.5 Å². The molecular weight excluding hydrogens is 274 g/mol. The third-order valence-electron chi connectivity index (χ3n) is 3.00. The monoisotopic (exact) mass is 291 g/mol. The molecule has 2 aromatic rings. The number of hydrogen-bond donors (Lipinski definition) is 2. The van der Waals surface area contributed by atoms with Crippen LogP contribution in [-0.4, -0.2) is 11.7 Å². The fourth-order valence-corrected chi connectivity index (χ4v) is 2.15. The molecule has 0 amide bonds. The summed E-state index contributed by atoms with van der Waals surface area (Å²) in [5, 5.41) is 13.1. The molecule has 2 aromatic carbocycles. The van der Waals surface area contributed by atoms with Crippen molar-refractivity contribution in [3.05, 3.63) is 52.5 Å². The van der Waals surface area contributed by atoms with Gasteiger partial charge >= 0.3 is 0 Å². The van der Waals surface area contributed by atoms with E-state index < -0.39 is 0 Å². The predicted octanol–water partition coefficient (Wildman–Crippen LogP) is 4.36. The van der Waals surface area contributed by atoms with Crippen LogP contribution in [0.4, 0.5) is 5.69 Å². The number of rotatable bonds is 5. The number of aryl methyl sites for hydroxylation is 1. The third-order valence-corrected chi connectivity index (χ3v) is 3.31. The second kappa shape index (κ2) is 6.53. The lowest BCUT2D eigenvalue weighted by atomic mass is 10.1. The summed E-state index contributed by atoms with van der Waals surface area (Å²) in [7, 11) is 0. The molecule has 0 aliphatic rings. The van der Waals surface area contributed by atoms with E-state index in [9.17, 15) is 5.11 Å². The molecule has 0 aliphatic heterocycles. The van der Waals surface area contributed by atoms with Crippen molar-refractivity contribution < 1.29 is 9.84 Å². The zero-order chi connectivity index (χ0) is 14.5. The molecule has 0 atom stereocenters. The molecule has 4 heteroatoms. The lowest BCUT2D eigenvalue weighted by Gasteiger charge is -2.12. The zero-order valence-corrected chi connectivity index (χ0v) is 12.4. The summed E-state index contributed by atoms with van der Waals surface area (Å²) in [6.45, 7) is 5.32. The average Bonchev–Trinajstić information content (AvgIpc) is 2.42. The van der Waals surface area contributed by atoms with Crippen molar-refractivity contribution in [3.63, 3.8) is 0 Å². The highest BCUT2D eigenvalue weighted by atomic mass is 35.5. The SMILES string of the molecule is CCOc1ccc(NCc2ccc(O)c(Cl)c2)c(C)c1. The van der Waals surface area contributed by atoms with E-state index in [4.69, 9.17) is 16.3 Å². The lowest BCUT2D eigenvalue weighted by Crippen LogP contribution is -2.01. The van der Waals surface area contributed by atoms with Crippen LogP contribution in [0.1, 0.15) is 18.1 Å². The number of nitrogens with one attached hydrogen (secondary N) is 1. The number of aromatic hydroxyl groups is 1. The van der Waals surface area contributed by atoms with Gasteiger partial charge in [-0.3, -0.25) is 0 Å². The van der Waals surface area contributed by atoms with E-state index in [0.717, 1.165) is 22.6 Å². The van der Waals surface area contributed by atoms with Gasteiger partial charge in [0.2, 0.25) is 0 Å². The highest BCUT2D eigenvalue weighted by Crippen LogP contribution is 2.25.